The Bertz CT molecular complexity index is 935. The number of aromatic nitrogens is 2. The van der Waals surface area contributed by atoms with E-state index in [4.69, 9.17) is 21.8 Å². The number of nitrogens with two attached hydrogens (primary N) is 1. The number of oxazole rings is 1. The van der Waals surface area contributed by atoms with Gasteiger partial charge in [0.05, 0.1) is 9.88 Å². The van der Waals surface area contributed by atoms with Crippen LogP contribution in [0, 0.1) is 0 Å². The number of rotatable bonds is 8. The number of aryl methyl sites for hydroxylation is 1. The molecular formula is C19H21ClN4O2S. The first kappa shape index (κ1) is 19.5. The smallest absolute Gasteiger partial charge is 0.292 e. The number of carbonyl (C=O) groups excluding carboxylic acids is 1. The van der Waals surface area contributed by atoms with E-state index in [1.807, 2.05) is 24.4 Å². The van der Waals surface area contributed by atoms with E-state index in [2.05, 4.69) is 29.0 Å². The van der Waals surface area contributed by atoms with Crippen LogP contribution in [0.3, 0.4) is 0 Å². The number of Topliss-reactive ketones (excluding diaryl/α,β-unsaturated/α-hetero) is 1. The fourth-order valence-corrected chi connectivity index (χ4v) is 3.79. The summed E-state index contributed by atoms with van der Waals surface area (Å²) >= 11 is 7.96. The number of anilines is 1. The molecule has 142 valence electrons. The van der Waals surface area contributed by atoms with Gasteiger partial charge in [0.25, 0.3) is 6.01 Å². The predicted octanol–water partition coefficient (Wildman–Crippen LogP) is 3.95. The van der Waals surface area contributed by atoms with Gasteiger partial charge in [-0.2, -0.15) is 4.98 Å². The van der Waals surface area contributed by atoms with Crippen LogP contribution in [0.1, 0.15) is 27.5 Å². The molecule has 2 N–H and O–H groups in total. The SMILES string of the molecule is CN(C)CCCc1ncc(-c2ccc(Cl)c(CC(=O)c3coc(N)n3)c2)s1. The second-order valence-electron chi connectivity index (χ2n) is 6.50. The molecular weight excluding hydrogens is 384 g/mol. The molecule has 0 aliphatic rings. The molecule has 0 aliphatic heterocycles. The minimum Gasteiger partial charge on any atom is -0.432 e. The maximum absolute atomic E-state index is 12.4. The molecule has 0 spiro atoms. The van der Waals surface area contributed by atoms with Crippen LogP contribution in [0.4, 0.5) is 6.01 Å². The van der Waals surface area contributed by atoms with Crippen LogP contribution >= 0.6 is 22.9 Å². The average molecular weight is 405 g/mol. The summed E-state index contributed by atoms with van der Waals surface area (Å²) in [5.74, 6) is -0.192. The molecule has 1 aromatic carbocycles. The Labute approximate surface area is 167 Å². The predicted molar refractivity (Wildman–Crippen MR) is 108 cm³/mol. The van der Waals surface area contributed by atoms with Gasteiger partial charge in [0, 0.05) is 24.1 Å². The maximum Gasteiger partial charge on any atom is 0.292 e. The van der Waals surface area contributed by atoms with Gasteiger partial charge in [0.1, 0.15) is 12.0 Å². The van der Waals surface area contributed by atoms with E-state index in [0.29, 0.717) is 5.02 Å². The molecule has 0 saturated carbocycles. The molecule has 0 unspecified atom stereocenters. The lowest BCUT2D eigenvalue weighted by Crippen LogP contribution is -2.13. The van der Waals surface area contributed by atoms with Crippen molar-refractivity contribution in [3.63, 3.8) is 0 Å². The zero-order valence-corrected chi connectivity index (χ0v) is 16.8. The highest BCUT2D eigenvalue weighted by atomic mass is 35.5. The van der Waals surface area contributed by atoms with Crippen molar-refractivity contribution in [3.8, 4) is 10.4 Å². The number of hydrogen-bond acceptors (Lipinski definition) is 7. The van der Waals surface area contributed by atoms with Crippen molar-refractivity contribution < 1.29 is 9.21 Å². The van der Waals surface area contributed by atoms with Gasteiger partial charge in [-0.25, -0.2) is 4.98 Å². The monoisotopic (exact) mass is 404 g/mol. The second kappa shape index (κ2) is 8.65. The van der Waals surface area contributed by atoms with Crippen molar-refractivity contribution in [2.45, 2.75) is 19.3 Å². The normalized spacial score (nSPS) is 11.3. The van der Waals surface area contributed by atoms with E-state index in [-0.39, 0.29) is 23.9 Å². The standard InChI is InChI=1S/C19H21ClN4O2S/c1-24(2)7-3-4-18-22-10-17(27-18)12-5-6-14(20)13(8-12)9-16(25)15-11-26-19(21)23-15/h5-6,8,10-11H,3-4,7,9H2,1-2H3,(H2,21,23). The molecule has 0 fully saturated rings. The van der Waals surface area contributed by atoms with Crippen molar-refractivity contribution in [2.24, 2.45) is 0 Å². The fraction of sp³-hybridized carbons (Fsp3) is 0.316. The number of nitrogens with zero attached hydrogens (tertiary/aromatic N) is 3. The Balaban J connectivity index is 1.73. The molecule has 3 rings (SSSR count). The lowest BCUT2D eigenvalue weighted by Gasteiger charge is -2.07. The van der Waals surface area contributed by atoms with Gasteiger partial charge < -0.3 is 15.1 Å². The van der Waals surface area contributed by atoms with Crippen LogP contribution in [-0.2, 0) is 12.8 Å². The Morgan fingerprint density at radius 2 is 2.19 bits per heavy atom. The zero-order valence-electron chi connectivity index (χ0n) is 15.2. The summed E-state index contributed by atoms with van der Waals surface area (Å²) in [7, 11) is 4.13. The molecule has 0 bridgehead atoms. The molecule has 2 aromatic heterocycles. The van der Waals surface area contributed by atoms with Gasteiger partial charge in [0.2, 0.25) is 0 Å². The molecule has 0 radical (unpaired) electrons. The number of halogens is 1. The summed E-state index contributed by atoms with van der Waals surface area (Å²) in [5, 5.41) is 1.65. The van der Waals surface area contributed by atoms with Crippen LogP contribution in [0.15, 0.2) is 35.1 Å². The lowest BCUT2D eigenvalue weighted by atomic mass is 10.0. The van der Waals surface area contributed by atoms with Gasteiger partial charge in [-0.15, -0.1) is 11.3 Å². The molecule has 0 saturated heterocycles. The summed E-state index contributed by atoms with van der Waals surface area (Å²) in [4.78, 5) is 24.0. The minimum atomic E-state index is -0.192. The number of hydrogen-bond donors (Lipinski definition) is 1. The zero-order chi connectivity index (χ0) is 19.4. The van der Waals surface area contributed by atoms with E-state index in [0.717, 1.165) is 40.4 Å². The van der Waals surface area contributed by atoms with Crippen LogP contribution < -0.4 is 5.73 Å². The molecule has 8 heteroatoms. The van der Waals surface area contributed by atoms with Crippen molar-refractivity contribution in [1.82, 2.24) is 14.9 Å². The Morgan fingerprint density at radius 1 is 1.37 bits per heavy atom. The summed E-state index contributed by atoms with van der Waals surface area (Å²) in [5.41, 5.74) is 7.37. The van der Waals surface area contributed by atoms with Crippen LogP contribution in [-0.4, -0.2) is 41.3 Å². The van der Waals surface area contributed by atoms with Crippen molar-refractivity contribution in [1.29, 1.82) is 0 Å². The highest BCUT2D eigenvalue weighted by molar-refractivity contribution is 7.15. The van der Waals surface area contributed by atoms with Crippen molar-refractivity contribution >= 4 is 34.7 Å². The Kier molecular flexibility index (Phi) is 6.26. The second-order valence-corrected chi connectivity index (χ2v) is 8.02. The van der Waals surface area contributed by atoms with E-state index in [1.165, 1.54) is 6.26 Å². The number of carbonyl (C=O) groups is 1. The minimum absolute atomic E-state index is 0.0235. The Morgan fingerprint density at radius 3 is 2.89 bits per heavy atom. The average Bonchev–Trinajstić information content (AvgIpc) is 3.26. The third kappa shape index (κ3) is 5.15. The molecule has 6 nitrogen and oxygen atoms in total. The van der Waals surface area contributed by atoms with Crippen molar-refractivity contribution in [2.75, 3.05) is 26.4 Å². The van der Waals surface area contributed by atoms with Gasteiger partial charge in [-0.05, 0) is 50.3 Å². The summed E-state index contributed by atoms with van der Waals surface area (Å²) < 4.78 is 4.90. The van der Waals surface area contributed by atoms with Crippen LogP contribution in [0.25, 0.3) is 10.4 Å². The lowest BCUT2D eigenvalue weighted by molar-refractivity contribution is 0.0988. The van der Waals surface area contributed by atoms with E-state index >= 15 is 0 Å². The van der Waals surface area contributed by atoms with Crippen LogP contribution in [0.2, 0.25) is 5.02 Å². The van der Waals surface area contributed by atoms with Gasteiger partial charge >= 0.3 is 0 Å². The van der Waals surface area contributed by atoms with E-state index < -0.39 is 0 Å². The summed E-state index contributed by atoms with van der Waals surface area (Å²) in [6, 6.07) is 5.66. The first-order chi connectivity index (χ1) is 12.9. The third-order valence-corrected chi connectivity index (χ3v) is 5.51. The number of nitrogen functional groups attached to an aromatic ring is 1. The fourth-order valence-electron chi connectivity index (χ4n) is 2.65. The number of thiazole rings is 1. The number of benzene rings is 1. The first-order valence-corrected chi connectivity index (χ1v) is 9.74. The van der Waals surface area contributed by atoms with Gasteiger partial charge in [-0.3, -0.25) is 4.79 Å². The van der Waals surface area contributed by atoms with Crippen molar-refractivity contribution in [3.05, 3.63) is 51.9 Å². The van der Waals surface area contributed by atoms with E-state index in [1.54, 1.807) is 11.3 Å². The largest absolute Gasteiger partial charge is 0.432 e. The molecule has 0 atom stereocenters. The topological polar surface area (TPSA) is 85.2 Å². The molecule has 2 heterocycles. The quantitative estimate of drug-likeness (QED) is 0.572. The molecule has 0 aliphatic carbocycles. The highest BCUT2D eigenvalue weighted by Crippen LogP contribution is 2.30. The maximum atomic E-state index is 12.4. The van der Waals surface area contributed by atoms with Gasteiger partial charge in [0.15, 0.2) is 5.78 Å². The third-order valence-electron chi connectivity index (χ3n) is 4.04. The van der Waals surface area contributed by atoms with Crippen LogP contribution in [0.5, 0.6) is 0 Å². The van der Waals surface area contributed by atoms with E-state index in [9.17, 15) is 4.79 Å². The molecule has 3 aromatic rings. The summed E-state index contributed by atoms with van der Waals surface area (Å²) in [6.07, 6.45) is 5.30. The highest BCUT2D eigenvalue weighted by Gasteiger charge is 2.15. The van der Waals surface area contributed by atoms with Gasteiger partial charge in [-0.1, -0.05) is 17.7 Å². The molecule has 27 heavy (non-hydrogen) atoms. The summed E-state index contributed by atoms with van der Waals surface area (Å²) in [6.45, 7) is 1.04. The number of ketones is 1. The first-order valence-electron chi connectivity index (χ1n) is 8.55. The Hall–Kier alpha value is -2.22. The molecule has 0 amide bonds.